The van der Waals surface area contributed by atoms with E-state index in [-0.39, 0.29) is 0 Å². The largest absolute Gasteiger partial charge is 0.378 e. The molecule has 0 spiro atoms. The fourth-order valence-corrected chi connectivity index (χ4v) is 2.48. The van der Waals surface area contributed by atoms with E-state index < -0.39 is 0 Å². The molecule has 2 aliphatic rings. The Hall–Kier alpha value is -0.160. The molecule has 1 unspecified atom stereocenters. The predicted molar refractivity (Wildman–Crippen MR) is 63.7 cm³/mol. The molecule has 16 heavy (non-hydrogen) atoms. The summed E-state index contributed by atoms with van der Waals surface area (Å²) in [4.78, 5) is 2.42. The van der Waals surface area contributed by atoms with Gasteiger partial charge in [-0.3, -0.25) is 0 Å². The zero-order chi connectivity index (χ0) is 11.4. The number of morpholine rings is 1. The van der Waals surface area contributed by atoms with Crippen molar-refractivity contribution in [2.45, 2.75) is 38.0 Å². The molecule has 1 saturated heterocycles. The second-order valence-electron chi connectivity index (χ2n) is 4.84. The number of likely N-dealkylation sites (N-methyl/N-ethyl adjacent to an activating group) is 1. The Morgan fingerprint density at radius 1 is 1.44 bits per heavy atom. The molecule has 1 aliphatic heterocycles. The Bertz CT molecular complexity index is 201. The van der Waals surface area contributed by atoms with Gasteiger partial charge < -0.3 is 19.7 Å². The molecule has 0 aromatic rings. The van der Waals surface area contributed by atoms with E-state index in [1.807, 2.05) is 0 Å². The molecule has 0 aromatic carbocycles. The summed E-state index contributed by atoms with van der Waals surface area (Å²) >= 11 is 0. The molecule has 0 amide bonds. The number of nitrogens with one attached hydrogen (secondary N) is 1. The summed E-state index contributed by atoms with van der Waals surface area (Å²) in [6.45, 7) is 6.79. The monoisotopic (exact) mass is 228 g/mol. The van der Waals surface area contributed by atoms with Crippen LogP contribution in [0.2, 0.25) is 0 Å². The van der Waals surface area contributed by atoms with Crippen molar-refractivity contribution in [3.63, 3.8) is 0 Å². The number of ether oxygens (including phenoxy) is 2. The van der Waals surface area contributed by atoms with Gasteiger partial charge in [-0.15, -0.1) is 0 Å². The first kappa shape index (κ1) is 12.3. The standard InChI is InChI=1S/C12H24N2O2/c1-3-15-11-6-10(7-11)14(2)9-12-8-13-4-5-16-12/h10-13H,3-9H2,1-2H3. The molecule has 2 fully saturated rings. The Kier molecular flexibility index (Phi) is 4.58. The maximum absolute atomic E-state index is 5.71. The van der Waals surface area contributed by atoms with E-state index in [1.54, 1.807) is 0 Å². The molecule has 1 saturated carbocycles. The lowest BCUT2D eigenvalue weighted by Gasteiger charge is -2.42. The maximum atomic E-state index is 5.71. The van der Waals surface area contributed by atoms with Crippen LogP contribution in [0.3, 0.4) is 0 Å². The van der Waals surface area contributed by atoms with Crippen LogP contribution in [-0.2, 0) is 9.47 Å². The van der Waals surface area contributed by atoms with Crippen LogP contribution < -0.4 is 5.32 Å². The lowest BCUT2D eigenvalue weighted by molar-refractivity contribution is -0.0584. The average Bonchev–Trinajstić information content (AvgIpc) is 2.24. The normalized spacial score (nSPS) is 35.1. The highest BCUT2D eigenvalue weighted by Gasteiger charge is 2.33. The highest BCUT2D eigenvalue weighted by molar-refractivity contribution is 4.88. The zero-order valence-corrected chi connectivity index (χ0v) is 10.4. The van der Waals surface area contributed by atoms with E-state index in [9.17, 15) is 0 Å². The molecule has 1 atom stereocenters. The van der Waals surface area contributed by atoms with Gasteiger partial charge in [0.05, 0.1) is 18.8 Å². The van der Waals surface area contributed by atoms with Gasteiger partial charge >= 0.3 is 0 Å². The van der Waals surface area contributed by atoms with Crippen molar-refractivity contribution in [2.75, 3.05) is 39.9 Å². The van der Waals surface area contributed by atoms with E-state index in [1.165, 1.54) is 12.8 Å². The van der Waals surface area contributed by atoms with Gasteiger partial charge in [-0.1, -0.05) is 0 Å². The van der Waals surface area contributed by atoms with Crippen LogP contribution in [0.4, 0.5) is 0 Å². The van der Waals surface area contributed by atoms with Gasteiger partial charge in [-0.25, -0.2) is 0 Å². The Balaban J connectivity index is 1.63. The minimum atomic E-state index is 0.366. The molecule has 94 valence electrons. The van der Waals surface area contributed by atoms with E-state index in [0.717, 1.165) is 32.8 Å². The van der Waals surface area contributed by atoms with Crippen molar-refractivity contribution in [3.05, 3.63) is 0 Å². The quantitative estimate of drug-likeness (QED) is 0.742. The van der Waals surface area contributed by atoms with E-state index >= 15 is 0 Å². The highest BCUT2D eigenvalue weighted by atomic mass is 16.5. The summed E-state index contributed by atoms with van der Waals surface area (Å²) in [5, 5.41) is 3.37. The molecule has 0 aromatic heterocycles. The smallest absolute Gasteiger partial charge is 0.0826 e. The maximum Gasteiger partial charge on any atom is 0.0826 e. The lowest BCUT2D eigenvalue weighted by atomic mass is 9.88. The van der Waals surface area contributed by atoms with Gasteiger partial charge in [0, 0.05) is 32.3 Å². The summed E-state index contributed by atoms with van der Waals surface area (Å²) in [5.41, 5.74) is 0. The first-order valence-electron chi connectivity index (χ1n) is 6.43. The van der Waals surface area contributed by atoms with Crippen LogP contribution in [0.5, 0.6) is 0 Å². The summed E-state index contributed by atoms with van der Waals surface area (Å²) in [6.07, 6.45) is 3.24. The summed E-state index contributed by atoms with van der Waals surface area (Å²) in [6, 6.07) is 0.696. The van der Waals surface area contributed by atoms with Crippen LogP contribution in [0, 0.1) is 0 Å². The summed E-state index contributed by atoms with van der Waals surface area (Å²) in [5.74, 6) is 0. The first-order chi connectivity index (χ1) is 7.79. The van der Waals surface area contributed by atoms with E-state index in [0.29, 0.717) is 18.2 Å². The average molecular weight is 228 g/mol. The third kappa shape index (κ3) is 3.17. The molecule has 1 N–H and O–H groups in total. The molecular formula is C12H24N2O2. The number of hydrogen-bond acceptors (Lipinski definition) is 4. The summed E-state index contributed by atoms with van der Waals surface area (Å²) in [7, 11) is 2.20. The van der Waals surface area contributed by atoms with Crippen LogP contribution in [0.1, 0.15) is 19.8 Å². The van der Waals surface area contributed by atoms with Crippen LogP contribution in [-0.4, -0.2) is 63.0 Å². The van der Waals surface area contributed by atoms with Crippen molar-refractivity contribution in [3.8, 4) is 0 Å². The second kappa shape index (κ2) is 5.96. The van der Waals surface area contributed by atoms with Gasteiger partial charge in [0.1, 0.15) is 0 Å². The first-order valence-corrected chi connectivity index (χ1v) is 6.43. The minimum Gasteiger partial charge on any atom is -0.378 e. The number of hydrogen-bond donors (Lipinski definition) is 1. The van der Waals surface area contributed by atoms with Crippen molar-refractivity contribution >= 4 is 0 Å². The third-order valence-electron chi connectivity index (χ3n) is 3.59. The summed E-state index contributed by atoms with van der Waals surface area (Å²) < 4.78 is 11.3. The molecule has 4 nitrogen and oxygen atoms in total. The third-order valence-corrected chi connectivity index (χ3v) is 3.59. The van der Waals surface area contributed by atoms with Crippen molar-refractivity contribution in [1.29, 1.82) is 0 Å². The van der Waals surface area contributed by atoms with Gasteiger partial charge in [0.15, 0.2) is 0 Å². The predicted octanol–water partition coefficient (Wildman–Crippen LogP) is 0.474. The van der Waals surface area contributed by atoms with E-state index in [4.69, 9.17) is 9.47 Å². The van der Waals surface area contributed by atoms with Crippen LogP contribution in [0.15, 0.2) is 0 Å². The van der Waals surface area contributed by atoms with Crippen molar-refractivity contribution in [2.24, 2.45) is 0 Å². The molecule has 1 heterocycles. The molecule has 2 rings (SSSR count). The molecule has 0 bridgehead atoms. The highest BCUT2D eigenvalue weighted by Crippen LogP contribution is 2.27. The minimum absolute atomic E-state index is 0.366. The second-order valence-corrected chi connectivity index (χ2v) is 4.84. The van der Waals surface area contributed by atoms with Gasteiger partial charge in [-0.05, 0) is 26.8 Å². The topological polar surface area (TPSA) is 33.7 Å². The Morgan fingerprint density at radius 2 is 2.25 bits per heavy atom. The number of nitrogens with zero attached hydrogens (tertiary/aromatic N) is 1. The molecule has 1 aliphatic carbocycles. The van der Waals surface area contributed by atoms with Gasteiger partial charge in [0.25, 0.3) is 0 Å². The molecule has 4 heteroatoms. The van der Waals surface area contributed by atoms with Gasteiger partial charge in [0.2, 0.25) is 0 Å². The Labute approximate surface area is 98.3 Å². The van der Waals surface area contributed by atoms with Crippen molar-refractivity contribution in [1.82, 2.24) is 10.2 Å². The van der Waals surface area contributed by atoms with Crippen LogP contribution >= 0.6 is 0 Å². The fraction of sp³-hybridized carbons (Fsp3) is 1.00. The number of rotatable bonds is 5. The zero-order valence-electron chi connectivity index (χ0n) is 10.4. The van der Waals surface area contributed by atoms with Crippen molar-refractivity contribution < 1.29 is 9.47 Å². The molecule has 0 radical (unpaired) electrons. The fourth-order valence-electron chi connectivity index (χ4n) is 2.48. The van der Waals surface area contributed by atoms with Gasteiger partial charge in [-0.2, -0.15) is 0 Å². The molecular weight excluding hydrogens is 204 g/mol. The Morgan fingerprint density at radius 3 is 2.88 bits per heavy atom. The van der Waals surface area contributed by atoms with E-state index in [2.05, 4.69) is 24.2 Å². The lowest BCUT2D eigenvalue weighted by Crippen LogP contribution is -2.51. The SMILES string of the molecule is CCOC1CC(N(C)CC2CNCCO2)C1. The van der Waals surface area contributed by atoms with Crippen LogP contribution in [0.25, 0.3) is 0 Å².